The van der Waals surface area contributed by atoms with Crippen molar-refractivity contribution in [1.29, 1.82) is 0 Å². The van der Waals surface area contributed by atoms with E-state index in [2.05, 4.69) is 10.6 Å². The third-order valence-electron chi connectivity index (χ3n) is 3.71. The molecule has 0 spiro atoms. The molecule has 24 heavy (non-hydrogen) atoms. The first-order chi connectivity index (χ1) is 11.2. The van der Waals surface area contributed by atoms with Crippen LogP contribution in [0.1, 0.15) is 41.8 Å². The maximum absolute atomic E-state index is 12.1. The van der Waals surface area contributed by atoms with Crippen LogP contribution in [0.5, 0.6) is 0 Å². The van der Waals surface area contributed by atoms with Crippen molar-refractivity contribution in [3.05, 3.63) is 34.9 Å². The van der Waals surface area contributed by atoms with Crippen LogP contribution in [0.4, 0.5) is 0 Å². The van der Waals surface area contributed by atoms with Gasteiger partial charge >= 0.3 is 5.97 Å². The van der Waals surface area contributed by atoms with Gasteiger partial charge in [-0.2, -0.15) is 0 Å². The van der Waals surface area contributed by atoms with Crippen LogP contribution in [0.3, 0.4) is 0 Å². The summed E-state index contributed by atoms with van der Waals surface area (Å²) in [5.74, 6) is -1.02. The molecule has 6 heteroatoms. The summed E-state index contributed by atoms with van der Waals surface area (Å²) in [6.45, 7) is 7.59. The monoisotopic (exact) mass is 334 g/mol. The van der Waals surface area contributed by atoms with Gasteiger partial charge in [-0.15, -0.1) is 0 Å². The number of esters is 1. The Labute approximate surface area is 143 Å². The van der Waals surface area contributed by atoms with Gasteiger partial charge in [-0.3, -0.25) is 9.59 Å². The number of carbonyl (C=O) groups is 3. The van der Waals surface area contributed by atoms with Gasteiger partial charge in [0, 0.05) is 5.56 Å². The van der Waals surface area contributed by atoms with Crippen LogP contribution in [0.15, 0.2) is 18.2 Å². The zero-order valence-corrected chi connectivity index (χ0v) is 14.9. The molecule has 0 aliphatic rings. The molecule has 0 radical (unpaired) electrons. The summed E-state index contributed by atoms with van der Waals surface area (Å²) in [6, 6.07) is 4.64. The number of rotatable bonds is 7. The Morgan fingerprint density at radius 1 is 1.12 bits per heavy atom. The van der Waals surface area contributed by atoms with Gasteiger partial charge in [0.1, 0.15) is 6.04 Å². The molecular weight excluding hydrogens is 308 g/mol. The van der Waals surface area contributed by atoms with Crippen LogP contribution >= 0.6 is 0 Å². The smallest absolute Gasteiger partial charge is 0.328 e. The van der Waals surface area contributed by atoms with Crippen molar-refractivity contribution in [2.75, 3.05) is 13.7 Å². The Bertz CT molecular complexity index is 611. The van der Waals surface area contributed by atoms with E-state index in [9.17, 15) is 14.4 Å². The van der Waals surface area contributed by atoms with Crippen molar-refractivity contribution < 1.29 is 19.1 Å². The van der Waals surface area contributed by atoms with Crippen molar-refractivity contribution >= 4 is 17.8 Å². The van der Waals surface area contributed by atoms with E-state index in [-0.39, 0.29) is 18.4 Å². The van der Waals surface area contributed by atoms with Crippen LogP contribution in [0.25, 0.3) is 0 Å². The highest BCUT2D eigenvalue weighted by atomic mass is 16.5. The van der Waals surface area contributed by atoms with Crippen molar-refractivity contribution in [3.63, 3.8) is 0 Å². The second kappa shape index (κ2) is 9.05. The van der Waals surface area contributed by atoms with Crippen LogP contribution in [-0.4, -0.2) is 37.5 Å². The fourth-order valence-corrected chi connectivity index (χ4v) is 2.22. The number of nitrogens with one attached hydrogen (secondary N) is 2. The molecule has 132 valence electrons. The first-order valence-corrected chi connectivity index (χ1v) is 7.97. The summed E-state index contributed by atoms with van der Waals surface area (Å²) < 4.78 is 4.69. The van der Waals surface area contributed by atoms with Gasteiger partial charge in [-0.25, -0.2) is 4.79 Å². The third-order valence-corrected chi connectivity index (χ3v) is 3.71. The quantitative estimate of drug-likeness (QED) is 0.744. The van der Waals surface area contributed by atoms with Crippen LogP contribution in [-0.2, 0) is 14.3 Å². The predicted octanol–water partition coefficient (Wildman–Crippen LogP) is 1.74. The van der Waals surface area contributed by atoms with Crippen molar-refractivity contribution in [3.8, 4) is 0 Å². The molecule has 1 aromatic rings. The van der Waals surface area contributed by atoms with E-state index in [4.69, 9.17) is 4.74 Å². The summed E-state index contributed by atoms with van der Waals surface area (Å²) in [5, 5.41) is 5.16. The number of hydrogen-bond donors (Lipinski definition) is 2. The minimum Gasteiger partial charge on any atom is -0.467 e. The second-order valence-electron chi connectivity index (χ2n) is 6.25. The summed E-state index contributed by atoms with van der Waals surface area (Å²) in [6.07, 6.45) is 0.476. The second-order valence-corrected chi connectivity index (χ2v) is 6.25. The first kappa shape index (κ1) is 19.7. The fourth-order valence-electron chi connectivity index (χ4n) is 2.22. The molecule has 0 unspecified atom stereocenters. The Morgan fingerprint density at radius 3 is 2.33 bits per heavy atom. The maximum atomic E-state index is 12.1. The minimum atomic E-state index is -0.707. The molecule has 0 heterocycles. The highest BCUT2D eigenvalue weighted by Gasteiger charge is 2.22. The summed E-state index contributed by atoms with van der Waals surface area (Å²) in [7, 11) is 1.28. The fraction of sp³-hybridized carbons (Fsp3) is 0.500. The molecule has 0 aliphatic carbocycles. The number of benzene rings is 1. The Kier molecular flexibility index (Phi) is 7.42. The van der Waals surface area contributed by atoms with E-state index < -0.39 is 17.9 Å². The average Bonchev–Trinajstić information content (AvgIpc) is 2.53. The van der Waals surface area contributed by atoms with Gasteiger partial charge in [0.2, 0.25) is 5.91 Å². The third kappa shape index (κ3) is 6.02. The lowest BCUT2D eigenvalue weighted by Crippen LogP contribution is -2.46. The molecule has 0 saturated carbocycles. The molecule has 1 rings (SSSR count). The molecule has 2 amide bonds. The Balaban J connectivity index is 2.58. The summed E-state index contributed by atoms with van der Waals surface area (Å²) >= 11 is 0. The summed E-state index contributed by atoms with van der Waals surface area (Å²) in [4.78, 5) is 35.7. The molecule has 6 nitrogen and oxygen atoms in total. The highest BCUT2D eigenvalue weighted by Crippen LogP contribution is 2.09. The minimum absolute atomic E-state index is 0.197. The first-order valence-electron chi connectivity index (χ1n) is 7.97. The van der Waals surface area contributed by atoms with E-state index in [1.54, 1.807) is 12.1 Å². The predicted molar refractivity (Wildman–Crippen MR) is 91.7 cm³/mol. The largest absolute Gasteiger partial charge is 0.467 e. The number of carbonyl (C=O) groups excluding carboxylic acids is 3. The van der Waals surface area contributed by atoms with E-state index in [1.165, 1.54) is 7.11 Å². The van der Waals surface area contributed by atoms with E-state index in [0.717, 1.165) is 11.1 Å². The van der Waals surface area contributed by atoms with Crippen molar-refractivity contribution in [2.24, 2.45) is 5.92 Å². The topological polar surface area (TPSA) is 84.5 Å². The molecule has 0 saturated heterocycles. The van der Waals surface area contributed by atoms with Gasteiger partial charge in [0.25, 0.3) is 5.91 Å². The number of ether oxygens (including phenoxy) is 1. The standard InChI is InChI=1S/C18H26N2O4/c1-11(2)8-15(18(23)24-5)20-16(21)10-19-17(22)14-7-6-12(3)13(4)9-14/h6-7,9,11,15H,8,10H2,1-5H3,(H,19,22)(H,20,21)/t15-/m1/s1. The van der Waals surface area contributed by atoms with Crippen molar-refractivity contribution in [2.45, 2.75) is 40.2 Å². The van der Waals surface area contributed by atoms with Gasteiger partial charge in [0.15, 0.2) is 0 Å². The number of methoxy groups -OCH3 is 1. The van der Waals surface area contributed by atoms with Gasteiger partial charge < -0.3 is 15.4 Å². The van der Waals surface area contributed by atoms with E-state index in [0.29, 0.717) is 12.0 Å². The zero-order valence-electron chi connectivity index (χ0n) is 14.9. The lowest BCUT2D eigenvalue weighted by Gasteiger charge is -2.18. The number of aryl methyl sites for hydroxylation is 2. The number of amides is 2. The molecule has 1 atom stereocenters. The van der Waals surface area contributed by atoms with Crippen LogP contribution < -0.4 is 10.6 Å². The van der Waals surface area contributed by atoms with E-state index >= 15 is 0 Å². The summed E-state index contributed by atoms with van der Waals surface area (Å²) in [5.41, 5.74) is 2.60. The normalized spacial score (nSPS) is 11.8. The molecule has 0 bridgehead atoms. The SMILES string of the molecule is COC(=O)[C@@H](CC(C)C)NC(=O)CNC(=O)c1ccc(C)c(C)c1. The molecule has 2 N–H and O–H groups in total. The number of hydrogen-bond acceptors (Lipinski definition) is 4. The maximum Gasteiger partial charge on any atom is 0.328 e. The zero-order chi connectivity index (χ0) is 18.3. The molecule has 0 fully saturated rings. The van der Waals surface area contributed by atoms with Crippen molar-refractivity contribution in [1.82, 2.24) is 10.6 Å². The average molecular weight is 334 g/mol. The molecular formula is C18H26N2O4. The van der Waals surface area contributed by atoms with Gasteiger partial charge in [-0.1, -0.05) is 19.9 Å². The van der Waals surface area contributed by atoms with Crippen LogP contribution in [0, 0.1) is 19.8 Å². The Hall–Kier alpha value is -2.37. The van der Waals surface area contributed by atoms with Crippen LogP contribution in [0.2, 0.25) is 0 Å². The van der Waals surface area contributed by atoms with Gasteiger partial charge in [0.05, 0.1) is 13.7 Å². The molecule has 0 aromatic heterocycles. The lowest BCUT2D eigenvalue weighted by atomic mass is 10.0. The van der Waals surface area contributed by atoms with E-state index in [1.807, 2.05) is 33.8 Å². The van der Waals surface area contributed by atoms with Gasteiger partial charge in [-0.05, 0) is 49.4 Å². The molecule has 1 aromatic carbocycles. The Morgan fingerprint density at radius 2 is 1.79 bits per heavy atom. The highest BCUT2D eigenvalue weighted by molar-refractivity contribution is 5.97. The lowest BCUT2D eigenvalue weighted by molar-refractivity contribution is -0.145. The molecule has 0 aliphatic heterocycles.